The van der Waals surface area contributed by atoms with Crippen LogP contribution in [-0.2, 0) is 4.65 Å². The summed E-state index contributed by atoms with van der Waals surface area (Å²) in [5, 5.41) is 0. The van der Waals surface area contributed by atoms with Crippen molar-refractivity contribution in [3.63, 3.8) is 0 Å². The Morgan fingerprint density at radius 2 is 2.18 bits per heavy atom. The maximum atomic E-state index is 5.56. The van der Waals surface area contributed by atoms with Crippen LogP contribution in [0.3, 0.4) is 0 Å². The van der Waals surface area contributed by atoms with Crippen molar-refractivity contribution < 1.29 is 4.65 Å². The molecule has 0 atom stereocenters. The van der Waals surface area contributed by atoms with Crippen LogP contribution in [-0.4, -0.2) is 39.2 Å². The van der Waals surface area contributed by atoms with Crippen molar-refractivity contribution >= 4 is 7.62 Å². The predicted molar refractivity (Wildman–Crippen MR) is 46.1 cm³/mol. The van der Waals surface area contributed by atoms with E-state index in [1.807, 2.05) is 0 Å². The van der Waals surface area contributed by atoms with Crippen LogP contribution in [0.2, 0.25) is 0 Å². The van der Waals surface area contributed by atoms with E-state index in [1.165, 1.54) is 12.8 Å². The van der Waals surface area contributed by atoms with Crippen molar-refractivity contribution in [2.75, 3.05) is 26.7 Å². The number of nitrogens with two attached hydrogens (primary N) is 1. The highest BCUT2D eigenvalue weighted by Crippen LogP contribution is 2.14. The number of nitrogens with zero attached hydrogens (tertiary/aromatic N) is 1. The fourth-order valence-electron chi connectivity index (χ4n) is 1.44. The molecule has 0 amide bonds. The lowest BCUT2D eigenvalue weighted by Crippen LogP contribution is -2.38. The Labute approximate surface area is 69.2 Å². The van der Waals surface area contributed by atoms with E-state index in [4.69, 9.17) is 10.4 Å². The van der Waals surface area contributed by atoms with Gasteiger partial charge in [-0.15, -0.1) is 0 Å². The summed E-state index contributed by atoms with van der Waals surface area (Å²) in [5.41, 5.74) is 5.56. The third kappa shape index (κ3) is 2.81. The molecular weight excluding hydrogens is 139 g/mol. The van der Waals surface area contributed by atoms with Crippen LogP contribution in [0.1, 0.15) is 12.8 Å². The van der Waals surface area contributed by atoms with Gasteiger partial charge in [-0.05, 0) is 38.4 Å². The summed E-state index contributed by atoms with van der Waals surface area (Å²) in [6.45, 7) is 3.02. The molecule has 3 nitrogen and oxygen atoms in total. The molecule has 1 fully saturated rings. The van der Waals surface area contributed by atoms with Gasteiger partial charge >= 0.3 is 7.62 Å². The van der Waals surface area contributed by atoms with E-state index in [0.29, 0.717) is 0 Å². The molecule has 1 aliphatic heterocycles. The Hall–Kier alpha value is -0.0551. The van der Waals surface area contributed by atoms with Crippen molar-refractivity contribution in [2.24, 2.45) is 11.7 Å². The number of hydrogen-bond acceptors (Lipinski definition) is 3. The maximum absolute atomic E-state index is 5.56. The third-order valence-electron chi connectivity index (χ3n) is 2.24. The van der Waals surface area contributed by atoms with Gasteiger partial charge in [0.25, 0.3) is 0 Å². The summed E-state index contributed by atoms with van der Waals surface area (Å²) in [5.74, 6) is 0.733. The van der Waals surface area contributed by atoms with Gasteiger partial charge in [0.15, 0.2) is 0 Å². The lowest BCUT2D eigenvalue weighted by atomic mass is 9.94. The molecule has 2 N–H and O–H groups in total. The molecule has 0 saturated carbocycles. The van der Waals surface area contributed by atoms with Crippen LogP contribution in [0.25, 0.3) is 0 Å². The number of hydrogen-bond donors (Lipinski definition) is 1. The first-order chi connectivity index (χ1) is 5.36. The zero-order valence-corrected chi connectivity index (χ0v) is 7.12. The Balaban J connectivity index is 2.14. The highest BCUT2D eigenvalue weighted by atomic mass is 16.4. The van der Waals surface area contributed by atoms with Gasteiger partial charge in [0, 0.05) is 7.11 Å². The standard InChI is InChI=1S/C7H16BN2O/c1-11-8-10-4-2-7(6-9)3-5-10/h7H,2-6,9H2,1H3. The highest BCUT2D eigenvalue weighted by molar-refractivity contribution is 6.23. The summed E-state index contributed by atoms with van der Waals surface area (Å²) < 4.78 is 4.92. The van der Waals surface area contributed by atoms with Gasteiger partial charge in [0.05, 0.1) is 0 Å². The summed E-state index contributed by atoms with van der Waals surface area (Å²) >= 11 is 0. The molecule has 0 aliphatic carbocycles. The molecule has 1 rings (SSSR count). The van der Waals surface area contributed by atoms with Crippen molar-refractivity contribution in [3.8, 4) is 0 Å². The van der Waals surface area contributed by atoms with Gasteiger partial charge in [-0.2, -0.15) is 0 Å². The summed E-state index contributed by atoms with van der Waals surface area (Å²) in [7, 11) is 3.49. The minimum atomic E-state index is 0.733. The SMILES string of the molecule is CO[B]N1CCC(CN)CC1. The fraction of sp³-hybridized carbons (Fsp3) is 1.00. The lowest BCUT2D eigenvalue weighted by molar-refractivity contribution is 0.251. The zero-order valence-electron chi connectivity index (χ0n) is 7.12. The van der Waals surface area contributed by atoms with Crippen molar-refractivity contribution in [1.82, 2.24) is 4.81 Å². The smallest absolute Gasteiger partial charge is 0.398 e. The monoisotopic (exact) mass is 155 g/mol. The molecule has 0 bridgehead atoms. The molecule has 1 aliphatic rings. The largest absolute Gasteiger partial charge is 0.427 e. The van der Waals surface area contributed by atoms with Crippen molar-refractivity contribution in [1.29, 1.82) is 0 Å². The van der Waals surface area contributed by atoms with Gasteiger partial charge in [-0.1, -0.05) is 0 Å². The van der Waals surface area contributed by atoms with Gasteiger partial charge < -0.3 is 15.2 Å². The van der Waals surface area contributed by atoms with E-state index in [9.17, 15) is 0 Å². The quantitative estimate of drug-likeness (QED) is 0.575. The third-order valence-corrected chi connectivity index (χ3v) is 2.24. The zero-order chi connectivity index (χ0) is 8.10. The Bertz CT molecular complexity index is 105. The second-order valence-electron chi connectivity index (χ2n) is 3.06. The molecule has 1 heterocycles. The van der Waals surface area contributed by atoms with Gasteiger partial charge in [-0.3, -0.25) is 0 Å². The Morgan fingerprint density at radius 1 is 1.55 bits per heavy atom. The second kappa shape index (κ2) is 4.75. The van der Waals surface area contributed by atoms with Crippen LogP contribution < -0.4 is 5.73 Å². The van der Waals surface area contributed by atoms with E-state index >= 15 is 0 Å². The van der Waals surface area contributed by atoms with Crippen LogP contribution in [0.5, 0.6) is 0 Å². The normalized spacial score (nSPS) is 22.0. The average molecular weight is 155 g/mol. The first kappa shape index (κ1) is 9.04. The first-order valence-corrected chi connectivity index (χ1v) is 4.17. The molecule has 0 aromatic rings. The van der Waals surface area contributed by atoms with Gasteiger partial charge in [0.1, 0.15) is 0 Å². The molecular formula is C7H16BN2O. The molecule has 63 valence electrons. The van der Waals surface area contributed by atoms with Crippen LogP contribution in [0.4, 0.5) is 0 Å². The van der Waals surface area contributed by atoms with E-state index in [-0.39, 0.29) is 0 Å². The molecule has 1 saturated heterocycles. The molecule has 0 unspecified atom stereocenters. The molecule has 1 radical (unpaired) electrons. The Morgan fingerprint density at radius 3 is 2.64 bits per heavy atom. The highest BCUT2D eigenvalue weighted by Gasteiger charge is 2.18. The van der Waals surface area contributed by atoms with Crippen LogP contribution in [0, 0.1) is 5.92 Å². The van der Waals surface area contributed by atoms with Crippen LogP contribution in [0.15, 0.2) is 0 Å². The summed E-state index contributed by atoms with van der Waals surface area (Å²) in [6, 6.07) is 0. The topological polar surface area (TPSA) is 38.5 Å². The molecule has 4 heteroatoms. The van der Waals surface area contributed by atoms with Crippen LogP contribution >= 0.6 is 0 Å². The lowest BCUT2D eigenvalue weighted by Gasteiger charge is -2.29. The molecule has 0 aromatic heterocycles. The minimum Gasteiger partial charge on any atom is -0.427 e. The summed E-state index contributed by atoms with van der Waals surface area (Å²) in [4.78, 5) is 2.20. The van der Waals surface area contributed by atoms with Gasteiger partial charge in [-0.25, -0.2) is 0 Å². The van der Waals surface area contributed by atoms with E-state index < -0.39 is 0 Å². The maximum Gasteiger partial charge on any atom is 0.398 e. The number of piperidine rings is 1. The van der Waals surface area contributed by atoms with E-state index in [0.717, 1.165) is 25.6 Å². The number of rotatable bonds is 3. The second-order valence-corrected chi connectivity index (χ2v) is 3.06. The Kier molecular flexibility index (Phi) is 3.90. The summed E-state index contributed by atoms with van der Waals surface area (Å²) in [6.07, 6.45) is 2.41. The van der Waals surface area contributed by atoms with Crippen molar-refractivity contribution in [3.05, 3.63) is 0 Å². The van der Waals surface area contributed by atoms with Crippen molar-refractivity contribution in [2.45, 2.75) is 12.8 Å². The minimum absolute atomic E-state index is 0.733. The molecule has 0 aromatic carbocycles. The van der Waals surface area contributed by atoms with Gasteiger partial charge in [0.2, 0.25) is 0 Å². The van der Waals surface area contributed by atoms with E-state index in [1.54, 1.807) is 14.7 Å². The first-order valence-electron chi connectivity index (χ1n) is 4.17. The van der Waals surface area contributed by atoms with E-state index in [2.05, 4.69) is 4.81 Å². The predicted octanol–water partition coefficient (Wildman–Crippen LogP) is -0.162. The fourth-order valence-corrected chi connectivity index (χ4v) is 1.44. The molecule has 0 spiro atoms. The molecule has 11 heavy (non-hydrogen) atoms. The average Bonchev–Trinajstić information content (AvgIpc) is 2.07.